The van der Waals surface area contributed by atoms with E-state index in [9.17, 15) is 8.42 Å². The van der Waals surface area contributed by atoms with Crippen LogP contribution in [0.1, 0.15) is 24.0 Å². The molecule has 0 aromatic heterocycles. The van der Waals surface area contributed by atoms with Gasteiger partial charge in [0.1, 0.15) is 0 Å². The Morgan fingerprint density at radius 3 is 2.33 bits per heavy atom. The molecule has 3 atom stereocenters. The third-order valence-electron chi connectivity index (χ3n) is 4.31. The monoisotopic (exact) mass is 327 g/mol. The van der Waals surface area contributed by atoms with E-state index in [2.05, 4.69) is 6.92 Å². The molecule has 1 aromatic rings. The second kappa shape index (κ2) is 5.66. The van der Waals surface area contributed by atoms with E-state index in [1.54, 1.807) is 0 Å². The van der Waals surface area contributed by atoms with Crippen molar-refractivity contribution in [3.05, 3.63) is 35.4 Å². The number of hydrogen-bond acceptors (Lipinski definition) is 4. The number of methoxy groups -OCH3 is 1. The molecule has 1 aromatic carbocycles. The van der Waals surface area contributed by atoms with Crippen LogP contribution >= 0.6 is 12.2 Å². The molecule has 1 fully saturated rings. The molecular weight excluding hydrogens is 306 g/mol. The SMILES string of the molecule is CCc1ccc([C@H]2[C@@H](S(C)(=O)=O)[C@@]2(COC)C(N)=S)cc1. The molecule has 0 heterocycles. The number of thiocarbonyl (C=S) groups is 1. The summed E-state index contributed by atoms with van der Waals surface area (Å²) in [5.41, 5.74) is 7.25. The van der Waals surface area contributed by atoms with E-state index in [0.29, 0.717) is 0 Å². The lowest BCUT2D eigenvalue weighted by atomic mass is 9.98. The summed E-state index contributed by atoms with van der Waals surface area (Å²) < 4.78 is 29.5. The quantitative estimate of drug-likeness (QED) is 0.805. The molecule has 0 amide bonds. The molecule has 4 nitrogen and oxygen atoms in total. The molecule has 0 unspecified atom stereocenters. The summed E-state index contributed by atoms with van der Waals surface area (Å²) in [7, 11) is -1.73. The van der Waals surface area contributed by atoms with Gasteiger partial charge in [-0.15, -0.1) is 0 Å². The Labute approximate surface area is 131 Å². The van der Waals surface area contributed by atoms with Crippen molar-refractivity contribution < 1.29 is 13.2 Å². The van der Waals surface area contributed by atoms with Crippen LogP contribution in [-0.4, -0.2) is 38.6 Å². The maximum atomic E-state index is 12.1. The van der Waals surface area contributed by atoms with Gasteiger partial charge in [-0.2, -0.15) is 0 Å². The zero-order chi connectivity index (χ0) is 15.8. The summed E-state index contributed by atoms with van der Waals surface area (Å²) in [6.07, 6.45) is 2.18. The number of aryl methyl sites for hydroxylation is 1. The van der Waals surface area contributed by atoms with Crippen LogP contribution in [0.25, 0.3) is 0 Å². The summed E-state index contributed by atoms with van der Waals surface area (Å²) in [6, 6.07) is 7.98. The van der Waals surface area contributed by atoms with Crippen molar-refractivity contribution in [1.29, 1.82) is 0 Å². The second-order valence-electron chi connectivity index (χ2n) is 5.66. The van der Waals surface area contributed by atoms with Crippen LogP contribution in [0, 0.1) is 5.41 Å². The van der Waals surface area contributed by atoms with Crippen molar-refractivity contribution in [3.8, 4) is 0 Å². The molecule has 2 N–H and O–H groups in total. The molecule has 1 saturated carbocycles. The van der Waals surface area contributed by atoms with Gasteiger partial charge in [0.2, 0.25) is 0 Å². The number of hydrogen-bond donors (Lipinski definition) is 1. The first-order valence-corrected chi connectivity index (χ1v) is 9.21. The molecular formula is C15H21NO3S2. The number of rotatable bonds is 6. The topological polar surface area (TPSA) is 69.4 Å². The van der Waals surface area contributed by atoms with Gasteiger partial charge in [0, 0.05) is 19.3 Å². The van der Waals surface area contributed by atoms with Gasteiger partial charge in [-0.3, -0.25) is 0 Å². The van der Waals surface area contributed by atoms with E-state index in [0.717, 1.165) is 12.0 Å². The Morgan fingerprint density at radius 2 is 1.95 bits per heavy atom. The van der Waals surface area contributed by atoms with Crippen LogP contribution in [0.15, 0.2) is 24.3 Å². The molecule has 2 rings (SSSR count). The van der Waals surface area contributed by atoms with E-state index >= 15 is 0 Å². The highest BCUT2D eigenvalue weighted by Crippen LogP contribution is 2.63. The number of benzene rings is 1. The first-order chi connectivity index (χ1) is 9.79. The summed E-state index contributed by atoms with van der Waals surface area (Å²) in [5, 5.41) is -0.602. The van der Waals surface area contributed by atoms with Crippen LogP contribution in [0.2, 0.25) is 0 Å². The maximum absolute atomic E-state index is 12.1. The molecule has 0 bridgehead atoms. The van der Waals surface area contributed by atoms with Crippen LogP contribution in [0.3, 0.4) is 0 Å². The predicted octanol–water partition coefficient (Wildman–Crippen LogP) is 1.68. The van der Waals surface area contributed by atoms with E-state index < -0.39 is 20.5 Å². The highest BCUT2D eigenvalue weighted by Gasteiger charge is 2.71. The lowest BCUT2D eigenvalue weighted by molar-refractivity contribution is 0.166. The first-order valence-electron chi connectivity index (χ1n) is 6.85. The standard InChI is InChI=1S/C15H21NO3S2/c1-4-10-5-7-11(8-6-10)12-13(21(3,17)18)15(12,9-19-2)14(16)20/h5-8,12-13H,4,9H2,1-3H3,(H2,16,20)/t12-,13+,15-/m0/s1. The summed E-state index contributed by atoms with van der Waals surface area (Å²) in [6.45, 7) is 2.30. The normalized spacial score (nSPS) is 28.3. The van der Waals surface area contributed by atoms with Gasteiger partial charge in [-0.05, 0) is 17.5 Å². The Bertz CT molecular complexity index is 639. The van der Waals surface area contributed by atoms with Gasteiger partial charge in [-0.1, -0.05) is 43.4 Å². The van der Waals surface area contributed by atoms with E-state index in [1.807, 2.05) is 24.3 Å². The molecule has 0 saturated heterocycles. The van der Waals surface area contributed by atoms with Gasteiger partial charge in [0.25, 0.3) is 0 Å². The lowest BCUT2D eigenvalue weighted by Crippen LogP contribution is -2.32. The smallest absolute Gasteiger partial charge is 0.152 e. The Kier molecular flexibility index (Phi) is 4.42. The number of ether oxygens (including phenoxy) is 1. The Morgan fingerprint density at radius 1 is 1.38 bits per heavy atom. The van der Waals surface area contributed by atoms with Gasteiger partial charge in [0.15, 0.2) is 9.84 Å². The molecule has 0 radical (unpaired) electrons. The third kappa shape index (κ3) is 2.72. The van der Waals surface area contributed by atoms with Gasteiger partial charge in [0.05, 0.1) is 22.3 Å². The minimum absolute atomic E-state index is 0.212. The van der Waals surface area contributed by atoms with E-state index in [1.165, 1.54) is 18.9 Å². The molecule has 0 spiro atoms. The molecule has 1 aliphatic carbocycles. The second-order valence-corrected chi connectivity index (χ2v) is 8.27. The minimum Gasteiger partial charge on any atom is -0.393 e. The van der Waals surface area contributed by atoms with Crippen molar-refractivity contribution in [2.75, 3.05) is 20.0 Å². The zero-order valence-electron chi connectivity index (χ0n) is 12.5. The zero-order valence-corrected chi connectivity index (χ0v) is 14.1. The first kappa shape index (κ1) is 16.4. The van der Waals surface area contributed by atoms with Crippen molar-refractivity contribution >= 4 is 27.0 Å². The Balaban J connectivity index is 2.46. The molecule has 0 aliphatic heterocycles. The minimum atomic E-state index is -3.26. The molecule has 116 valence electrons. The fourth-order valence-electron chi connectivity index (χ4n) is 3.24. The van der Waals surface area contributed by atoms with Crippen LogP contribution in [0.4, 0.5) is 0 Å². The van der Waals surface area contributed by atoms with Gasteiger partial charge in [-0.25, -0.2) is 8.42 Å². The summed E-state index contributed by atoms with van der Waals surface area (Å²) >= 11 is 5.16. The van der Waals surface area contributed by atoms with Crippen LogP contribution in [0.5, 0.6) is 0 Å². The molecule has 21 heavy (non-hydrogen) atoms. The third-order valence-corrected chi connectivity index (χ3v) is 6.30. The maximum Gasteiger partial charge on any atom is 0.152 e. The number of sulfone groups is 1. The average molecular weight is 327 g/mol. The average Bonchev–Trinajstić information content (AvgIpc) is 3.10. The summed E-state index contributed by atoms with van der Waals surface area (Å²) in [4.78, 5) is 0.212. The van der Waals surface area contributed by atoms with Crippen LogP contribution in [-0.2, 0) is 21.0 Å². The van der Waals surface area contributed by atoms with Gasteiger partial charge >= 0.3 is 0 Å². The van der Waals surface area contributed by atoms with Crippen molar-refractivity contribution in [2.45, 2.75) is 24.5 Å². The van der Waals surface area contributed by atoms with Crippen LogP contribution < -0.4 is 5.73 Å². The Hall–Kier alpha value is -0.980. The fraction of sp³-hybridized carbons (Fsp3) is 0.533. The van der Waals surface area contributed by atoms with E-state index in [-0.39, 0.29) is 17.5 Å². The van der Waals surface area contributed by atoms with Crippen molar-refractivity contribution in [1.82, 2.24) is 0 Å². The highest BCUT2D eigenvalue weighted by atomic mass is 32.2. The highest BCUT2D eigenvalue weighted by molar-refractivity contribution is 7.92. The lowest BCUT2D eigenvalue weighted by Gasteiger charge is -2.15. The van der Waals surface area contributed by atoms with Crippen molar-refractivity contribution in [2.24, 2.45) is 11.1 Å². The molecule has 1 aliphatic rings. The van der Waals surface area contributed by atoms with Crippen molar-refractivity contribution in [3.63, 3.8) is 0 Å². The van der Waals surface area contributed by atoms with Gasteiger partial charge < -0.3 is 10.5 Å². The largest absolute Gasteiger partial charge is 0.393 e. The predicted molar refractivity (Wildman–Crippen MR) is 88.3 cm³/mol. The molecule has 6 heteroatoms. The number of nitrogens with two attached hydrogens (primary N) is 1. The summed E-state index contributed by atoms with van der Waals surface area (Å²) in [5.74, 6) is -0.226. The van der Waals surface area contributed by atoms with E-state index in [4.69, 9.17) is 22.7 Å². The fourth-order valence-corrected chi connectivity index (χ4v) is 5.55.